The van der Waals surface area contributed by atoms with Crippen LogP contribution in [0.3, 0.4) is 0 Å². The van der Waals surface area contributed by atoms with Gasteiger partial charge in [-0.3, -0.25) is 20.4 Å². The van der Waals surface area contributed by atoms with E-state index in [-0.39, 0.29) is 12.5 Å². The highest BCUT2D eigenvalue weighted by Crippen LogP contribution is 2.28. The maximum absolute atomic E-state index is 13.1. The van der Waals surface area contributed by atoms with Gasteiger partial charge in [-0.15, -0.1) is 0 Å². The topological polar surface area (TPSA) is 76.7 Å². The van der Waals surface area contributed by atoms with Gasteiger partial charge in [0, 0.05) is 5.56 Å². The van der Waals surface area contributed by atoms with Gasteiger partial charge in [0.25, 0.3) is 5.91 Å². The number of halogens is 1. The third-order valence-corrected chi connectivity index (χ3v) is 3.36. The van der Waals surface area contributed by atoms with Gasteiger partial charge in [0.2, 0.25) is 5.91 Å². The van der Waals surface area contributed by atoms with Crippen LogP contribution >= 0.6 is 0 Å². The lowest BCUT2D eigenvalue weighted by molar-refractivity contribution is -0.121. The molecule has 2 amide bonds. The first-order chi connectivity index (χ1) is 12.4. The third-order valence-electron chi connectivity index (χ3n) is 3.36. The molecule has 0 atom stereocenters. The summed E-state index contributed by atoms with van der Waals surface area (Å²) in [6.45, 7) is 3.77. The minimum Gasteiger partial charge on any atom is -0.493 e. The fraction of sp³-hybridized carbons (Fsp3) is 0.263. The molecule has 0 fully saturated rings. The van der Waals surface area contributed by atoms with Crippen molar-refractivity contribution in [1.29, 1.82) is 0 Å². The Balaban J connectivity index is 1.95. The molecule has 0 saturated carbocycles. The molecule has 0 bridgehead atoms. The Morgan fingerprint density at radius 2 is 1.85 bits per heavy atom. The van der Waals surface area contributed by atoms with Gasteiger partial charge >= 0.3 is 0 Å². The summed E-state index contributed by atoms with van der Waals surface area (Å²) in [5.41, 5.74) is 5.42. The molecule has 0 unspecified atom stereocenters. The summed E-state index contributed by atoms with van der Waals surface area (Å²) >= 11 is 0. The van der Waals surface area contributed by atoms with E-state index in [0.717, 1.165) is 0 Å². The number of carbonyl (C=O) groups is 2. The van der Waals surface area contributed by atoms with Crippen LogP contribution in [0.25, 0.3) is 0 Å². The van der Waals surface area contributed by atoms with Gasteiger partial charge < -0.3 is 9.47 Å². The average molecular weight is 360 g/mol. The van der Waals surface area contributed by atoms with E-state index in [4.69, 9.17) is 9.47 Å². The zero-order valence-corrected chi connectivity index (χ0v) is 14.8. The molecule has 0 aliphatic rings. The van der Waals surface area contributed by atoms with Crippen molar-refractivity contribution >= 4 is 11.8 Å². The zero-order chi connectivity index (χ0) is 19.1. The molecule has 0 aromatic heterocycles. The number of methoxy groups -OCH3 is 1. The van der Waals surface area contributed by atoms with Gasteiger partial charge in [0.1, 0.15) is 5.82 Å². The van der Waals surface area contributed by atoms with E-state index in [1.165, 1.54) is 31.4 Å². The van der Waals surface area contributed by atoms with Gasteiger partial charge in [0.15, 0.2) is 11.5 Å². The largest absolute Gasteiger partial charge is 0.493 e. The van der Waals surface area contributed by atoms with Crippen LogP contribution < -0.4 is 20.3 Å². The first kappa shape index (κ1) is 19.2. The minimum atomic E-state index is -0.507. The van der Waals surface area contributed by atoms with Crippen LogP contribution in [-0.2, 0) is 11.2 Å². The van der Waals surface area contributed by atoms with Gasteiger partial charge in [-0.2, -0.15) is 0 Å². The number of hydrogen-bond acceptors (Lipinski definition) is 4. The molecule has 0 spiro atoms. The summed E-state index contributed by atoms with van der Waals surface area (Å²) in [6.07, 6.45) is -0.0894. The van der Waals surface area contributed by atoms with Gasteiger partial charge in [0.05, 0.1) is 19.6 Å². The van der Waals surface area contributed by atoms with Crippen LogP contribution in [0, 0.1) is 5.82 Å². The van der Waals surface area contributed by atoms with E-state index < -0.39 is 17.6 Å². The Kier molecular flexibility index (Phi) is 6.54. The fourth-order valence-corrected chi connectivity index (χ4v) is 2.24. The fourth-order valence-electron chi connectivity index (χ4n) is 2.24. The number of rotatable bonds is 6. The van der Waals surface area contributed by atoms with Gasteiger partial charge in [-0.1, -0.05) is 12.1 Å². The molecular formula is C19H21FN2O4. The second-order valence-corrected chi connectivity index (χ2v) is 5.84. The monoisotopic (exact) mass is 360 g/mol. The number of nitrogens with one attached hydrogen (secondary N) is 2. The number of hydrazine groups is 1. The van der Waals surface area contributed by atoms with E-state index in [9.17, 15) is 14.0 Å². The van der Waals surface area contributed by atoms with Crippen molar-refractivity contribution in [2.45, 2.75) is 26.4 Å². The summed E-state index contributed by atoms with van der Waals surface area (Å²) < 4.78 is 23.9. The van der Waals surface area contributed by atoms with E-state index in [2.05, 4.69) is 10.9 Å². The second-order valence-electron chi connectivity index (χ2n) is 5.84. The highest BCUT2D eigenvalue weighted by Gasteiger charge is 2.13. The molecule has 0 aliphatic carbocycles. The highest BCUT2D eigenvalue weighted by atomic mass is 19.1. The van der Waals surface area contributed by atoms with Crippen molar-refractivity contribution < 1.29 is 23.5 Å². The Morgan fingerprint density at radius 1 is 1.08 bits per heavy atom. The maximum Gasteiger partial charge on any atom is 0.269 e. The molecule has 2 rings (SSSR count). The predicted octanol–water partition coefficient (Wildman–Crippen LogP) is 2.63. The summed E-state index contributed by atoms with van der Waals surface area (Å²) in [7, 11) is 1.48. The molecular weight excluding hydrogens is 339 g/mol. The zero-order valence-electron chi connectivity index (χ0n) is 14.8. The van der Waals surface area contributed by atoms with Crippen molar-refractivity contribution in [3.05, 3.63) is 59.4 Å². The van der Waals surface area contributed by atoms with Crippen LogP contribution in [0.15, 0.2) is 42.5 Å². The summed E-state index contributed by atoms with van der Waals surface area (Å²) in [4.78, 5) is 24.0. The normalized spacial score (nSPS) is 10.3. The lowest BCUT2D eigenvalue weighted by Gasteiger charge is -2.14. The number of ether oxygens (including phenoxy) is 2. The number of amides is 2. The standard InChI is InChI=1S/C19H21FN2O4/c1-12(2)26-16-8-7-14(11-17(16)25-3)19(24)22-21-18(23)10-13-5-4-6-15(20)9-13/h4-9,11-12H,10H2,1-3H3,(H,21,23)(H,22,24). The Bertz CT molecular complexity index is 793. The highest BCUT2D eigenvalue weighted by molar-refractivity contribution is 5.96. The minimum absolute atomic E-state index is 0.0364. The first-order valence-electron chi connectivity index (χ1n) is 8.07. The molecule has 2 aromatic rings. The molecule has 2 N–H and O–H groups in total. The SMILES string of the molecule is COc1cc(C(=O)NNC(=O)Cc2cccc(F)c2)ccc1OC(C)C. The summed E-state index contributed by atoms with van der Waals surface area (Å²) in [5, 5.41) is 0. The van der Waals surface area contributed by atoms with Crippen LogP contribution in [0.2, 0.25) is 0 Å². The Labute approximate surface area is 151 Å². The number of carbonyl (C=O) groups excluding carboxylic acids is 2. The smallest absolute Gasteiger partial charge is 0.269 e. The van der Waals surface area contributed by atoms with Crippen LogP contribution in [0.1, 0.15) is 29.8 Å². The second kappa shape index (κ2) is 8.84. The molecule has 6 nitrogen and oxygen atoms in total. The van der Waals surface area contributed by atoms with Crippen molar-refractivity contribution in [3.63, 3.8) is 0 Å². The molecule has 26 heavy (non-hydrogen) atoms. The molecule has 138 valence electrons. The molecule has 0 saturated heterocycles. The Morgan fingerprint density at radius 3 is 2.50 bits per heavy atom. The Hall–Kier alpha value is -3.09. The molecule has 7 heteroatoms. The van der Waals surface area contributed by atoms with Crippen molar-refractivity contribution in [2.75, 3.05) is 7.11 Å². The van der Waals surface area contributed by atoms with Crippen molar-refractivity contribution in [1.82, 2.24) is 10.9 Å². The molecule has 2 aromatic carbocycles. The van der Waals surface area contributed by atoms with Crippen LogP contribution in [-0.4, -0.2) is 25.0 Å². The van der Waals surface area contributed by atoms with Gasteiger partial charge in [-0.25, -0.2) is 4.39 Å². The van der Waals surface area contributed by atoms with Crippen molar-refractivity contribution in [2.24, 2.45) is 0 Å². The lowest BCUT2D eigenvalue weighted by atomic mass is 10.1. The van der Waals surface area contributed by atoms with Gasteiger partial charge in [-0.05, 0) is 49.7 Å². The average Bonchev–Trinajstić information content (AvgIpc) is 2.59. The first-order valence-corrected chi connectivity index (χ1v) is 8.07. The number of hydrogen-bond donors (Lipinski definition) is 2. The molecule has 0 aliphatic heterocycles. The van der Waals surface area contributed by atoms with E-state index >= 15 is 0 Å². The summed E-state index contributed by atoms with van der Waals surface area (Å²) in [6, 6.07) is 10.4. The van der Waals surface area contributed by atoms with Crippen LogP contribution in [0.5, 0.6) is 11.5 Å². The lowest BCUT2D eigenvalue weighted by Crippen LogP contribution is -2.42. The van der Waals surface area contributed by atoms with Crippen LogP contribution in [0.4, 0.5) is 4.39 Å². The summed E-state index contributed by atoms with van der Waals surface area (Å²) in [5.74, 6) is -0.454. The number of benzene rings is 2. The quantitative estimate of drug-likeness (QED) is 0.777. The third kappa shape index (κ3) is 5.47. The van der Waals surface area contributed by atoms with E-state index in [0.29, 0.717) is 22.6 Å². The predicted molar refractivity (Wildman–Crippen MR) is 94.5 cm³/mol. The molecule has 0 radical (unpaired) electrons. The van der Waals surface area contributed by atoms with E-state index in [1.54, 1.807) is 18.2 Å². The van der Waals surface area contributed by atoms with E-state index in [1.807, 2.05) is 13.8 Å². The van der Waals surface area contributed by atoms with Crippen molar-refractivity contribution in [3.8, 4) is 11.5 Å². The maximum atomic E-state index is 13.1. The molecule has 0 heterocycles.